The molecule has 2 aromatic rings. The minimum Gasteiger partial charge on any atom is -0.497 e. The first-order valence-corrected chi connectivity index (χ1v) is 6.96. The molecule has 0 radical (unpaired) electrons. The Morgan fingerprint density at radius 1 is 1.05 bits per heavy atom. The molecular formula is C17H19ClO2. The van der Waals surface area contributed by atoms with E-state index in [0.717, 1.165) is 16.9 Å². The summed E-state index contributed by atoms with van der Waals surface area (Å²) in [6.45, 7) is 1.85. The van der Waals surface area contributed by atoms with Crippen LogP contribution in [0.4, 0.5) is 0 Å². The molecule has 1 N–H and O–H groups in total. The van der Waals surface area contributed by atoms with E-state index < -0.39 is 5.60 Å². The van der Waals surface area contributed by atoms with E-state index in [-0.39, 0.29) is 0 Å². The molecule has 2 nitrogen and oxygen atoms in total. The van der Waals surface area contributed by atoms with Gasteiger partial charge >= 0.3 is 0 Å². The van der Waals surface area contributed by atoms with Gasteiger partial charge in [-0.3, -0.25) is 0 Å². The summed E-state index contributed by atoms with van der Waals surface area (Å²) in [7, 11) is 1.64. The molecule has 0 spiro atoms. The summed E-state index contributed by atoms with van der Waals surface area (Å²) < 4.78 is 5.13. The quantitative estimate of drug-likeness (QED) is 0.905. The molecule has 3 heteroatoms. The van der Waals surface area contributed by atoms with Crippen molar-refractivity contribution < 1.29 is 9.84 Å². The zero-order valence-electron chi connectivity index (χ0n) is 11.8. The van der Waals surface area contributed by atoms with Gasteiger partial charge in [-0.25, -0.2) is 0 Å². The van der Waals surface area contributed by atoms with Crippen LogP contribution >= 0.6 is 11.6 Å². The lowest BCUT2D eigenvalue weighted by atomic mass is 9.90. The number of ether oxygens (including phenoxy) is 1. The second kappa shape index (κ2) is 6.29. The molecule has 1 unspecified atom stereocenters. The first-order chi connectivity index (χ1) is 9.48. The highest BCUT2D eigenvalue weighted by atomic mass is 35.5. The molecule has 0 bridgehead atoms. The minimum atomic E-state index is -0.806. The molecule has 20 heavy (non-hydrogen) atoms. The van der Waals surface area contributed by atoms with Crippen molar-refractivity contribution in [3.05, 3.63) is 64.7 Å². The van der Waals surface area contributed by atoms with Crippen LogP contribution in [0.5, 0.6) is 5.75 Å². The lowest BCUT2D eigenvalue weighted by Crippen LogP contribution is -2.30. The van der Waals surface area contributed by atoms with Crippen molar-refractivity contribution in [2.75, 3.05) is 7.11 Å². The zero-order chi connectivity index (χ0) is 14.6. The van der Waals surface area contributed by atoms with E-state index in [4.69, 9.17) is 16.3 Å². The summed E-state index contributed by atoms with van der Waals surface area (Å²) >= 11 is 5.97. The van der Waals surface area contributed by atoms with Crippen LogP contribution in [-0.2, 0) is 12.8 Å². The number of hydrogen-bond donors (Lipinski definition) is 1. The van der Waals surface area contributed by atoms with Gasteiger partial charge in [0.15, 0.2) is 0 Å². The van der Waals surface area contributed by atoms with Gasteiger partial charge < -0.3 is 9.84 Å². The topological polar surface area (TPSA) is 29.5 Å². The van der Waals surface area contributed by atoms with Crippen LogP contribution in [0, 0.1) is 0 Å². The number of rotatable bonds is 5. The fourth-order valence-corrected chi connectivity index (χ4v) is 2.55. The molecule has 0 fully saturated rings. The van der Waals surface area contributed by atoms with E-state index in [0.29, 0.717) is 17.9 Å². The maximum absolute atomic E-state index is 10.6. The average Bonchev–Trinajstić information content (AvgIpc) is 2.38. The maximum Gasteiger partial charge on any atom is 0.118 e. The number of hydrogen-bond acceptors (Lipinski definition) is 2. The predicted octanol–water partition coefficient (Wildman–Crippen LogP) is 3.88. The van der Waals surface area contributed by atoms with Gasteiger partial charge in [-0.05, 0) is 42.3 Å². The van der Waals surface area contributed by atoms with E-state index in [1.165, 1.54) is 0 Å². The summed E-state index contributed by atoms with van der Waals surface area (Å²) in [6, 6.07) is 15.4. The number of benzene rings is 2. The fourth-order valence-electron chi connectivity index (χ4n) is 2.33. The van der Waals surface area contributed by atoms with Crippen LogP contribution in [0.2, 0.25) is 5.02 Å². The van der Waals surface area contributed by atoms with Crippen molar-refractivity contribution in [1.29, 1.82) is 0 Å². The van der Waals surface area contributed by atoms with Crippen molar-refractivity contribution in [3.8, 4) is 5.75 Å². The van der Waals surface area contributed by atoms with E-state index in [2.05, 4.69) is 0 Å². The summed E-state index contributed by atoms with van der Waals surface area (Å²) in [5.74, 6) is 0.822. The fraction of sp³-hybridized carbons (Fsp3) is 0.294. The van der Waals surface area contributed by atoms with Crippen LogP contribution < -0.4 is 4.74 Å². The van der Waals surface area contributed by atoms with E-state index in [1.807, 2.05) is 55.5 Å². The number of aliphatic hydroxyl groups is 1. The molecular weight excluding hydrogens is 272 g/mol. The third-order valence-corrected chi connectivity index (χ3v) is 3.45. The van der Waals surface area contributed by atoms with Gasteiger partial charge in [-0.1, -0.05) is 35.9 Å². The van der Waals surface area contributed by atoms with Crippen LogP contribution in [0.3, 0.4) is 0 Å². The van der Waals surface area contributed by atoms with Gasteiger partial charge in [-0.2, -0.15) is 0 Å². The Labute approximate surface area is 125 Å². The van der Waals surface area contributed by atoms with Gasteiger partial charge in [-0.15, -0.1) is 0 Å². The lowest BCUT2D eigenvalue weighted by Gasteiger charge is -2.23. The Balaban J connectivity index is 2.06. The third-order valence-electron chi connectivity index (χ3n) is 3.22. The highest BCUT2D eigenvalue weighted by Gasteiger charge is 2.21. The maximum atomic E-state index is 10.6. The summed E-state index contributed by atoms with van der Waals surface area (Å²) in [6.07, 6.45) is 1.16. The van der Waals surface area contributed by atoms with Gasteiger partial charge in [0, 0.05) is 17.9 Å². The van der Waals surface area contributed by atoms with Crippen molar-refractivity contribution in [2.45, 2.75) is 25.4 Å². The van der Waals surface area contributed by atoms with Crippen molar-refractivity contribution >= 4 is 11.6 Å². The number of halogens is 1. The average molecular weight is 291 g/mol. The van der Waals surface area contributed by atoms with Gasteiger partial charge in [0.05, 0.1) is 12.7 Å². The van der Waals surface area contributed by atoms with Gasteiger partial charge in [0.1, 0.15) is 5.75 Å². The summed E-state index contributed by atoms with van der Waals surface area (Å²) in [4.78, 5) is 0. The molecule has 0 saturated heterocycles. The Bertz CT molecular complexity index is 561. The van der Waals surface area contributed by atoms with E-state index in [9.17, 15) is 5.11 Å². The SMILES string of the molecule is COc1ccc(CC(C)(O)Cc2cccc(Cl)c2)cc1. The first-order valence-electron chi connectivity index (χ1n) is 6.58. The Hall–Kier alpha value is -1.51. The molecule has 2 rings (SSSR count). The first kappa shape index (κ1) is 14.9. The molecule has 0 aliphatic heterocycles. The molecule has 0 aliphatic carbocycles. The molecule has 0 amide bonds. The normalized spacial score (nSPS) is 13.8. The van der Waals surface area contributed by atoms with Crippen LogP contribution in [0.25, 0.3) is 0 Å². The molecule has 0 saturated carbocycles. The largest absolute Gasteiger partial charge is 0.497 e. The van der Waals surface area contributed by atoms with Crippen molar-refractivity contribution in [3.63, 3.8) is 0 Å². The Morgan fingerprint density at radius 3 is 2.30 bits per heavy atom. The Kier molecular flexibility index (Phi) is 4.69. The predicted molar refractivity (Wildman–Crippen MR) is 82.5 cm³/mol. The van der Waals surface area contributed by atoms with Gasteiger partial charge in [0.25, 0.3) is 0 Å². The lowest BCUT2D eigenvalue weighted by molar-refractivity contribution is 0.0608. The molecule has 0 aliphatic rings. The summed E-state index contributed by atoms with van der Waals surface area (Å²) in [5, 5.41) is 11.3. The molecule has 106 valence electrons. The van der Waals surface area contributed by atoms with Gasteiger partial charge in [0.2, 0.25) is 0 Å². The van der Waals surface area contributed by atoms with Crippen LogP contribution in [-0.4, -0.2) is 17.8 Å². The van der Waals surface area contributed by atoms with E-state index in [1.54, 1.807) is 7.11 Å². The second-order valence-corrected chi connectivity index (χ2v) is 5.76. The minimum absolute atomic E-state index is 0.569. The van der Waals surface area contributed by atoms with E-state index >= 15 is 0 Å². The monoisotopic (exact) mass is 290 g/mol. The highest BCUT2D eigenvalue weighted by Crippen LogP contribution is 2.22. The summed E-state index contributed by atoms with van der Waals surface area (Å²) in [5.41, 5.74) is 1.31. The van der Waals surface area contributed by atoms with Crippen molar-refractivity contribution in [2.24, 2.45) is 0 Å². The highest BCUT2D eigenvalue weighted by molar-refractivity contribution is 6.30. The standard InChI is InChI=1S/C17H19ClO2/c1-17(19,12-14-4-3-5-15(18)10-14)11-13-6-8-16(20-2)9-7-13/h3-10,19H,11-12H2,1-2H3. The smallest absolute Gasteiger partial charge is 0.118 e. The van der Waals surface area contributed by atoms with Crippen LogP contribution in [0.1, 0.15) is 18.1 Å². The second-order valence-electron chi connectivity index (χ2n) is 5.33. The molecule has 0 heterocycles. The third kappa shape index (κ3) is 4.26. The molecule has 1 atom stereocenters. The molecule has 0 aromatic heterocycles. The molecule has 2 aromatic carbocycles. The van der Waals surface area contributed by atoms with Crippen LogP contribution in [0.15, 0.2) is 48.5 Å². The zero-order valence-corrected chi connectivity index (χ0v) is 12.5. The van der Waals surface area contributed by atoms with Crippen molar-refractivity contribution in [1.82, 2.24) is 0 Å². The number of methoxy groups -OCH3 is 1. The Morgan fingerprint density at radius 2 is 1.70 bits per heavy atom.